The fourth-order valence-corrected chi connectivity index (χ4v) is 0.554. The van der Waals surface area contributed by atoms with E-state index in [1.807, 2.05) is 6.92 Å². The lowest BCUT2D eigenvalue weighted by atomic mass is 9.91. The summed E-state index contributed by atoms with van der Waals surface area (Å²) in [6.45, 7) is 6.29. The van der Waals surface area contributed by atoms with Gasteiger partial charge in [0.1, 0.15) is 0 Å². The highest BCUT2D eigenvalue weighted by Gasteiger charge is 2.30. The lowest BCUT2D eigenvalue weighted by Crippen LogP contribution is -2.43. The van der Waals surface area contributed by atoms with Crippen LogP contribution in [0.4, 0.5) is 0 Å². The Morgan fingerprint density at radius 1 is 1.67 bits per heavy atom. The molecule has 0 saturated heterocycles. The van der Waals surface area contributed by atoms with E-state index in [1.165, 1.54) is 0 Å². The van der Waals surface area contributed by atoms with Gasteiger partial charge in [0.2, 0.25) is 0 Å². The van der Waals surface area contributed by atoms with Gasteiger partial charge in [0.15, 0.2) is 0 Å². The third-order valence-electron chi connectivity index (χ3n) is 1.84. The molecule has 0 fully saturated rings. The Bertz CT molecular complexity index is 133. The van der Waals surface area contributed by atoms with Crippen LogP contribution in [0.5, 0.6) is 0 Å². The maximum atomic E-state index is 4.64. The molecule has 3 nitrogen and oxygen atoms in total. The summed E-state index contributed by atoms with van der Waals surface area (Å²) < 4.78 is 0. The molecule has 0 aliphatic carbocycles. The van der Waals surface area contributed by atoms with Crippen LogP contribution in [-0.2, 0) is 4.94 Å². The van der Waals surface area contributed by atoms with Gasteiger partial charge in [0.05, 0.1) is 11.8 Å². The summed E-state index contributed by atoms with van der Waals surface area (Å²) in [5, 5.41) is 3.62. The number of rotatable bonds is 1. The maximum Gasteiger partial charge on any atom is 0.0941 e. The zero-order valence-electron chi connectivity index (χ0n) is 6.01. The molecule has 9 heavy (non-hydrogen) atoms. The minimum atomic E-state index is -0.0694. The van der Waals surface area contributed by atoms with Gasteiger partial charge in [-0.05, 0) is 12.8 Å². The van der Waals surface area contributed by atoms with Crippen molar-refractivity contribution in [3.05, 3.63) is 0 Å². The van der Waals surface area contributed by atoms with Crippen LogP contribution in [0.15, 0.2) is 5.16 Å². The molecule has 0 amide bonds. The molecule has 1 aliphatic heterocycles. The number of hydrogen-bond acceptors (Lipinski definition) is 3. The summed E-state index contributed by atoms with van der Waals surface area (Å²) in [5.74, 6) is 0.503. The summed E-state index contributed by atoms with van der Waals surface area (Å²) >= 11 is 0. The minimum absolute atomic E-state index is 0.0694. The fourth-order valence-electron chi connectivity index (χ4n) is 0.554. The Labute approximate surface area is 55.0 Å². The molecular formula is C6H12N2O. The van der Waals surface area contributed by atoms with Gasteiger partial charge >= 0.3 is 0 Å². The van der Waals surface area contributed by atoms with Crippen molar-refractivity contribution in [3.63, 3.8) is 0 Å². The predicted molar refractivity (Wildman–Crippen MR) is 36.0 cm³/mol. The Hall–Kier alpha value is -0.570. The predicted octanol–water partition coefficient (Wildman–Crippen LogP) is 0.922. The normalized spacial score (nSPS) is 33.3. The molecule has 0 bridgehead atoms. The van der Waals surface area contributed by atoms with Crippen LogP contribution in [0.2, 0.25) is 0 Å². The van der Waals surface area contributed by atoms with Gasteiger partial charge in [0.25, 0.3) is 0 Å². The Balaban J connectivity index is 2.62. The second kappa shape index (κ2) is 1.99. The van der Waals surface area contributed by atoms with Gasteiger partial charge in [-0.15, -0.1) is 5.48 Å². The first-order chi connectivity index (χ1) is 4.15. The quantitative estimate of drug-likeness (QED) is 0.569. The Morgan fingerprint density at radius 2 is 2.33 bits per heavy atom. The molecule has 0 aromatic heterocycles. The van der Waals surface area contributed by atoms with Crippen LogP contribution in [-0.4, -0.2) is 11.8 Å². The first kappa shape index (κ1) is 6.55. The zero-order valence-corrected chi connectivity index (χ0v) is 6.01. The molecule has 1 aliphatic rings. The lowest BCUT2D eigenvalue weighted by molar-refractivity contribution is 0.0243. The molecular weight excluding hydrogens is 116 g/mol. The van der Waals surface area contributed by atoms with Gasteiger partial charge in [-0.2, -0.15) is 0 Å². The molecule has 1 rings (SSSR count). The van der Waals surface area contributed by atoms with Crippen LogP contribution >= 0.6 is 0 Å². The van der Waals surface area contributed by atoms with Crippen molar-refractivity contribution < 1.29 is 4.94 Å². The van der Waals surface area contributed by atoms with Crippen molar-refractivity contribution in [2.24, 2.45) is 11.1 Å². The number of hydrogen-bond donors (Lipinski definition) is 1. The van der Waals surface area contributed by atoms with Gasteiger partial charge in [-0.1, -0.05) is 19.0 Å². The standard InChI is InChI=1S/C6H12N2O/c1-5(2)6(3)4-7-9-8-6/h4-5,8H,1-3H3/t6-/m1/s1. The van der Waals surface area contributed by atoms with E-state index >= 15 is 0 Å². The number of nitrogens with zero attached hydrogens (tertiary/aromatic N) is 1. The van der Waals surface area contributed by atoms with Crippen molar-refractivity contribution in [2.75, 3.05) is 0 Å². The number of nitrogens with one attached hydrogen (secondary N) is 1. The molecule has 0 aromatic rings. The molecule has 0 aromatic carbocycles. The minimum Gasteiger partial charge on any atom is -0.299 e. The van der Waals surface area contributed by atoms with E-state index in [1.54, 1.807) is 6.21 Å². The SMILES string of the molecule is CC(C)[C@@]1(C)C=NON1. The lowest BCUT2D eigenvalue weighted by Gasteiger charge is -2.22. The molecule has 0 saturated carbocycles. The van der Waals surface area contributed by atoms with E-state index in [2.05, 4.69) is 29.4 Å². The smallest absolute Gasteiger partial charge is 0.0941 e. The monoisotopic (exact) mass is 128 g/mol. The van der Waals surface area contributed by atoms with Crippen LogP contribution in [0.1, 0.15) is 20.8 Å². The van der Waals surface area contributed by atoms with E-state index < -0.39 is 0 Å². The zero-order chi connectivity index (χ0) is 6.91. The highest BCUT2D eigenvalue weighted by atomic mass is 16.8. The van der Waals surface area contributed by atoms with Crippen LogP contribution in [0, 0.1) is 5.92 Å². The van der Waals surface area contributed by atoms with Crippen molar-refractivity contribution in [3.8, 4) is 0 Å². The van der Waals surface area contributed by atoms with Gasteiger partial charge < -0.3 is 0 Å². The third kappa shape index (κ3) is 1.05. The first-order valence-corrected chi connectivity index (χ1v) is 3.13. The highest BCUT2D eigenvalue weighted by molar-refractivity contribution is 5.70. The second-order valence-electron chi connectivity index (χ2n) is 2.87. The molecule has 1 N–H and O–H groups in total. The fraction of sp³-hybridized carbons (Fsp3) is 0.833. The van der Waals surface area contributed by atoms with Gasteiger partial charge in [-0.3, -0.25) is 4.94 Å². The van der Waals surface area contributed by atoms with Crippen molar-refractivity contribution in [1.29, 1.82) is 0 Å². The Kier molecular flexibility index (Phi) is 1.45. The average molecular weight is 128 g/mol. The highest BCUT2D eigenvalue weighted by Crippen LogP contribution is 2.16. The first-order valence-electron chi connectivity index (χ1n) is 3.13. The van der Waals surface area contributed by atoms with Crippen molar-refractivity contribution in [2.45, 2.75) is 26.3 Å². The molecule has 0 radical (unpaired) electrons. The van der Waals surface area contributed by atoms with Crippen LogP contribution in [0.3, 0.4) is 0 Å². The maximum absolute atomic E-state index is 4.64. The number of hydroxylamine groups is 1. The van der Waals surface area contributed by atoms with Crippen LogP contribution < -0.4 is 5.48 Å². The summed E-state index contributed by atoms with van der Waals surface area (Å²) in [5.41, 5.74) is 2.74. The van der Waals surface area contributed by atoms with E-state index in [0.717, 1.165) is 0 Å². The van der Waals surface area contributed by atoms with E-state index in [9.17, 15) is 0 Å². The van der Waals surface area contributed by atoms with E-state index in [0.29, 0.717) is 5.92 Å². The summed E-state index contributed by atoms with van der Waals surface area (Å²) in [7, 11) is 0. The Morgan fingerprint density at radius 3 is 2.56 bits per heavy atom. The van der Waals surface area contributed by atoms with Crippen molar-refractivity contribution in [1.82, 2.24) is 5.48 Å². The van der Waals surface area contributed by atoms with E-state index in [-0.39, 0.29) is 5.54 Å². The summed E-state index contributed by atoms with van der Waals surface area (Å²) in [4.78, 5) is 4.64. The molecule has 1 heterocycles. The summed E-state index contributed by atoms with van der Waals surface area (Å²) in [6, 6.07) is 0. The average Bonchev–Trinajstić information content (AvgIpc) is 2.16. The molecule has 1 atom stereocenters. The number of oxime groups is 1. The van der Waals surface area contributed by atoms with Crippen LogP contribution in [0.25, 0.3) is 0 Å². The molecule has 0 unspecified atom stereocenters. The largest absolute Gasteiger partial charge is 0.299 e. The topological polar surface area (TPSA) is 33.6 Å². The van der Waals surface area contributed by atoms with Crippen molar-refractivity contribution >= 4 is 6.21 Å². The van der Waals surface area contributed by atoms with E-state index in [4.69, 9.17) is 0 Å². The second-order valence-corrected chi connectivity index (χ2v) is 2.87. The molecule has 3 heteroatoms. The van der Waals surface area contributed by atoms with Gasteiger partial charge in [-0.25, -0.2) is 0 Å². The molecule has 0 spiro atoms. The van der Waals surface area contributed by atoms with Gasteiger partial charge in [0, 0.05) is 0 Å². The summed E-state index contributed by atoms with van der Waals surface area (Å²) in [6.07, 6.45) is 1.79. The third-order valence-corrected chi connectivity index (χ3v) is 1.84. The molecule has 52 valence electrons.